The number of carbonyl (C=O) groups is 1. The molecule has 0 N–H and O–H groups in total. The standard InChI is InChI=1S/C21H25NO4S/c1-2-17-8-10-20(11-9-17)26-15-21(23)22(14-18-6-4-3-5-7-18)19-12-13-27(24,25)16-19/h3-11,19H,2,12-16H2,1H3/t19-/m1/s1. The number of hydrogen-bond donors (Lipinski definition) is 0. The van der Waals surface area contributed by atoms with Gasteiger partial charge in [-0.3, -0.25) is 4.79 Å². The monoisotopic (exact) mass is 387 g/mol. The second kappa shape index (κ2) is 8.57. The third-order valence-corrected chi connectivity index (χ3v) is 6.61. The lowest BCUT2D eigenvalue weighted by atomic mass is 10.1. The van der Waals surface area contributed by atoms with E-state index in [4.69, 9.17) is 4.74 Å². The van der Waals surface area contributed by atoms with Crippen molar-refractivity contribution >= 4 is 15.7 Å². The number of amides is 1. The molecule has 0 aliphatic carbocycles. The quantitative estimate of drug-likeness (QED) is 0.733. The zero-order chi connectivity index (χ0) is 19.3. The summed E-state index contributed by atoms with van der Waals surface area (Å²) in [5.41, 5.74) is 2.18. The Hall–Kier alpha value is -2.34. The van der Waals surface area contributed by atoms with Gasteiger partial charge in [-0.05, 0) is 36.1 Å². The summed E-state index contributed by atoms with van der Waals surface area (Å²) < 4.78 is 29.4. The zero-order valence-electron chi connectivity index (χ0n) is 15.5. The lowest BCUT2D eigenvalue weighted by Gasteiger charge is -2.28. The van der Waals surface area contributed by atoms with E-state index in [1.807, 2.05) is 54.6 Å². The van der Waals surface area contributed by atoms with Gasteiger partial charge in [0.25, 0.3) is 5.91 Å². The molecule has 1 heterocycles. The number of hydrogen-bond acceptors (Lipinski definition) is 4. The van der Waals surface area contributed by atoms with Gasteiger partial charge in [-0.2, -0.15) is 0 Å². The van der Waals surface area contributed by atoms with Crippen LogP contribution < -0.4 is 4.74 Å². The molecule has 0 aromatic heterocycles. The highest BCUT2D eigenvalue weighted by Crippen LogP contribution is 2.21. The van der Waals surface area contributed by atoms with Crippen molar-refractivity contribution in [2.24, 2.45) is 0 Å². The molecule has 2 aromatic rings. The van der Waals surface area contributed by atoms with Crippen LogP contribution in [0.15, 0.2) is 54.6 Å². The molecule has 27 heavy (non-hydrogen) atoms. The van der Waals surface area contributed by atoms with E-state index in [-0.39, 0.29) is 30.1 Å². The van der Waals surface area contributed by atoms with Crippen molar-refractivity contribution < 1.29 is 17.9 Å². The van der Waals surface area contributed by atoms with Crippen LogP contribution in [-0.4, -0.2) is 43.4 Å². The number of rotatable bonds is 7. The van der Waals surface area contributed by atoms with Crippen LogP contribution in [0.4, 0.5) is 0 Å². The summed E-state index contributed by atoms with van der Waals surface area (Å²) in [6.45, 7) is 2.36. The van der Waals surface area contributed by atoms with E-state index in [1.54, 1.807) is 4.90 Å². The Morgan fingerprint density at radius 1 is 1.07 bits per heavy atom. The minimum absolute atomic E-state index is 0.0246. The Morgan fingerprint density at radius 3 is 2.37 bits per heavy atom. The predicted molar refractivity (Wildman–Crippen MR) is 105 cm³/mol. The van der Waals surface area contributed by atoms with Crippen molar-refractivity contribution in [3.63, 3.8) is 0 Å². The van der Waals surface area contributed by atoms with Crippen molar-refractivity contribution in [2.75, 3.05) is 18.1 Å². The van der Waals surface area contributed by atoms with E-state index in [0.717, 1.165) is 12.0 Å². The van der Waals surface area contributed by atoms with Crippen LogP contribution in [0.2, 0.25) is 0 Å². The first kappa shape index (κ1) is 19.4. The molecule has 0 unspecified atom stereocenters. The number of carbonyl (C=O) groups excluding carboxylic acids is 1. The fourth-order valence-electron chi connectivity index (χ4n) is 3.27. The molecule has 144 valence electrons. The first-order valence-electron chi connectivity index (χ1n) is 9.22. The fraction of sp³-hybridized carbons (Fsp3) is 0.381. The SMILES string of the molecule is CCc1ccc(OCC(=O)N(Cc2ccccc2)[C@@H]2CCS(=O)(=O)C2)cc1. The summed E-state index contributed by atoms with van der Waals surface area (Å²) in [5, 5.41) is 0. The average Bonchev–Trinajstić information content (AvgIpc) is 3.05. The molecule has 0 bridgehead atoms. The molecular weight excluding hydrogens is 362 g/mol. The Labute approximate surface area is 160 Å². The number of benzene rings is 2. The van der Waals surface area contributed by atoms with Crippen LogP contribution in [0.25, 0.3) is 0 Å². The maximum absolute atomic E-state index is 12.8. The fourth-order valence-corrected chi connectivity index (χ4v) is 5.00. The molecule has 6 heteroatoms. The molecule has 3 rings (SSSR count). The third-order valence-electron chi connectivity index (χ3n) is 4.86. The number of aryl methyl sites for hydroxylation is 1. The zero-order valence-corrected chi connectivity index (χ0v) is 16.3. The first-order valence-corrected chi connectivity index (χ1v) is 11.0. The minimum atomic E-state index is -3.08. The molecule has 1 fully saturated rings. The molecule has 0 saturated carbocycles. The maximum atomic E-state index is 12.8. The summed E-state index contributed by atoms with van der Waals surface area (Å²) in [5.74, 6) is 0.603. The van der Waals surface area contributed by atoms with Crippen LogP contribution in [0.3, 0.4) is 0 Å². The Balaban J connectivity index is 1.69. The second-order valence-electron chi connectivity index (χ2n) is 6.85. The van der Waals surface area contributed by atoms with Gasteiger partial charge in [0, 0.05) is 12.6 Å². The molecule has 1 atom stereocenters. The van der Waals surface area contributed by atoms with E-state index < -0.39 is 9.84 Å². The molecule has 0 spiro atoms. The summed E-state index contributed by atoms with van der Waals surface area (Å²) >= 11 is 0. The number of nitrogens with zero attached hydrogens (tertiary/aromatic N) is 1. The topological polar surface area (TPSA) is 63.7 Å². The van der Waals surface area contributed by atoms with Gasteiger partial charge in [0.05, 0.1) is 11.5 Å². The molecule has 2 aromatic carbocycles. The van der Waals surface area contributed by atoms with Crippen LogP contribution in [-0.2, 0) is 27.6 Å². The van der Waals surface area contributed by atoms with Gasteiger partial charge in [0.15, 0.2) is 16.4 Å². The van der Waals surface area contributed by atoms with Crippen molar-refractivity contribution in [3.05, 3.63) is 65.7 Å². The van der Waals surface area contributed by atoms with Gasteiger partial charge in [0.1, 0.15) is 5.75 Å². The summed E-state index contributed by atoms with van der Waals surface area (Å²) in [6, 6.07) is 17.0. The van der Waals surface area contributed by atoms with Gasteiger partial charge in [-0.15, -0.1) is 0 Å². The molecule has 1 aliphatic rings. The molecular formula is C21H25NO4S. The Bertz CT molecular complexity index is 863. The average molecular weight is 388 g/mol. The highest BCUT2D eigenvalue weighted by Gasteiger charge is 2.34. The molecule has 0 radical (unpaired) electrons. The van der Waals surface area contributed by atoms with Crippen LogP contribution >= 0.6 is 0 Å². The smallest absolute Gasteiger partial charge is 0.261 e. The first-order chi connectivity index (χ1) is 13.0. The van der Waals surface area contributed by atoms with E-state index in [0.29, 0.717) is 18.7 Å². The van der Waals surface area contributed by atoms with Crippen molar-refractivity contribution in [1.82, 2.24) is 4.90 Å². The van der Waals surface area contributed by atoms with Gasteiger partial charge in [0.2, 0.25) is 0 Å². The maximum Gasteiger partial charge on any atom is 0.261 e. The summed E-state index contributed by atoms with van der Waals surface area (Å²) in [4.78, 5) is 14.5. The number of ether oxygens (including phenoxy) is 1. The van der Waals surface area contributed by atoms with Crippen LogP contribution in [0, 0.1) is 0 Å². The Kier molecular flexibility index (Phi) is 6.16. The lowest BCUT2D eigenvalue weighted by molar-refractivity contribution is -0.136. The third kappa shape index (κ3) is 5.32. The summed E-state index contributed by atoms with van der Waals surface area (Å²) in [7, 11) is -3.08. The largest absolute Gasteiger partial charge is 0.484 e. The van der Waals surface area contributed by atoms with Crippen molar-refractivity contribution in [2.45, 2.75) is 32.4 Å². The molecule has 1 amide bonds. The van der Waals surface area contributed by atoms with E-state index in [9.17, 15) is 13.2 Å². The van der Waals surface area contributed by atoms with Crippen LogP contribution in [0.5, 0.6) is 5.75 Å². The molecule has 5 nitrogen and oxygen atoms in total. The normalized spacial score (nSPS) is 18.2. The molecule has 1 aliphatic heterocycles. The van der Waals surface area contributed by atoms with Gasteiger partial charge >= 0.3 is 0 Å². The van der Waals surface area contributed by atoms with Gasteiger partial charge in [-0.25, -0.2) is 8.42 Å². The van der Waals surface area contributed by atoms with Crippen LogP contribution in [0.1, 0.15) is 24.5 Å². The van der Waals surface area contributed by atoms with Crippen molar-refractivity contribution in [3.8, 4) is 5.75 Å². The second-order valence-corrected chi connectivity index (χ2v) is 9.08. The van der Waals surface area contributed by atoms with E-state index >= 15 is 0 Å². The van der Waals surface area contributed by atoms with Crippen molar-refractivity contribution in [1.29, 1.82) is 0 Å². The lowest BCUT2D eigenvalue weighted by Crippen LogP contribution is -2.43. The van der Waals surface area contributed by atoms with E-state index in [1.165, 1.54) is 5.56 Å². The predicted octanol–water partition coefficient (Wildman–Crippen LogP) is 2.84. The van der Waals surface area contributed by atoms with Gasteiger partial charge < -0.3 is 9.64 Å². The minimum Gasteiger partial charge on any atom is -0.484 e. The highest BCUT2D eigenvalue weighted by molar-refractivity contribution is 7.91. The summed E-state index contributed by atoms with van der Waals surface area (Å²) in [6.07, 6.45) is 1.42. The van der Waals surface area contributed by atoms with E-state index in [2.05, 4.69) is 6.92 Å². The highest BCUT2D eigenvalue weighted by atomic mass is 32.2. The Morgan fingerprint density at radius 2 is 1.78 bits per heavy atom. The van der Waals surface area contributed by atoms with Gasteiger partial charge in [-0.1, -0.05) is 49.4 Å². The number of sulfone groups is 1. The molecule has 1 saturated heterocycles.